The Kier molecular flexibility index (Phi) is 6.05. The Balaban J connectivity index is 2.55. The Morgan fingerprint density at radius 3 is 1.07 bits per heavy atom. The van der Waals surface area contributed by atoms with E-state index in [2.05, 4.69) is 48.6 Å². The summed E-state index contributed by atoms with van der Waals surface area (Å²) in [6.07, 6.45) is 27.0. The maximum atomic E-state index is 2.14. The molecule has 0 aromatic heterocycles. The number of hydrogen-bond donors (Lipinski definition) is 0. The second-order valence-corrected chi connectivity index (χ2v) is 2.95. The Hall–Kier alpha value is -1.56. The molecule has 0 nitrogen and oxygen atoms in total. The van der Waals surface area contributed by atoms with Crippen LogP contribution in [0.4, 0.5) is 0 Å². The number of hydrogen-bond acceptors (Lipinski definition) is 0. The minimum absolute atomic E-state index is 0.994. The first kappa shape index (κ1) is 10.5. The SMILES string of the molecule is C1=CC/C=C\C=C\C/C=C/C=C\C=C\1. The molecule has 1 rings (SSSR count). The zero-order chi connectivity index (χ0) is 9.90. The lowest BCUT2D eigenvalue weighted by atomic mass is 10.3. The minimum atomic E-state index is 0.994. The molecule has 0 aromatic carbocycles. The molecule has 1 aliphatic rings. The van der Waals surface area contributed by atoms with Gasteiger partial charge in [-0.05, 0) is 12.8 Å². The van der Waals surface area contributed by atoms with Crippen molar-refractivity contribution in [1.82, 2.24) is 0 Å². The Morgan fingerprint density at radius 2 is 0.643 bits per heavy atom. The predicted molar refractivity (Wildman–Crippen MR) is 64.1 cm³/mol. The predicted octanol–water partition coefficient (Wildman–Crippen LogP) is 4.12. The van der Waals surface area contributed by atoms with E-state index in [9.17, 15) is 0 Å². The second-order valence-electron chi connectivity index (χ2n) is 2.95. The summed E-state index contributed by atoms with van der Waals surface area (Å²) >= 11 is 0. The molecule has 0 N–H and O–H groups in total. The fourth-order valence-corrected chi connectivity index (χ4v) is 1.04. The first-order valence-corrected chi connectivity index (χ1v) is 4.97. The van der Waals surface area contributed by atoms with Crippen LogP contribution >= 0.6 is 0 Å². The molecule has 0 fully saturated rings. The van der Waals surface area contributed by atoms with Crippen molar-refractivity contribution >= 4 is 0 Å². The van der Waals surface area contributed by atoms with Crippen LogP contribution in [0.5, 0.6) is 0 Å². The van der Waals surface area contributed by atoms with Gasteiger partial charge in [0.25, 0.3) is 0 Å². The molecule has 0 heterocycles. The summed E-state index contributed by atoms with van der Waals surface area (Å²) in [5.41, 5.74) is 0. The third-order valence-electron chi connectivity index (χ3n) is 1.76. The maximum Gasteiger partial charge on any atom is -0.0163 e. The lowest BCUT2D eigenvalue weighted by molar-refractivity contribution is 1.37. The molecule has 0 radical (unpaired) electrons. The molecule has 1 aliphatic carbocycles. The van der Waals surface area contributed by atoms with Gasteiger partial charge in [0, 0.05) is 0 Å². The van der Waals surface area contributed by atoms with Crippen molar-refractivity contribution in [3.63, 3.8) is 0 Å². The number of allylic oxidation sites excluding steroid dienone is 12. The average Bonchev–Trinajstić information content (AvgIpc) is 2.22. The molecule has 0 bridgehead atoms. The third kappa shape index (κ3) is 6.01. The molecule has 0 aliphatic heterocycles. The summed E-state index contributed by atoms with van der Waals surface area (Å²) in [7, 11) is 0. The normalized spacial score (nSPS) is 28.6. The molecule has 0 saturated heterocycles. The molecule has 0 unspecified atom stereocenters. The van der Waals surface area contributed by atoms with E-state index in [4.69, 9.17) is 0 Å². The van der Waals surface area contributed by atoms with Crippen LogP contribution in [0.25, 0.3) is 0 Å². The van der Waals surface area contributed by atoms with Crippen LogP contribution in [0.15, 0.2) is 72.9 Å². The van der Waals surface area contributed by atoms with Crippen LogP contribution in [-0.4, -0.2) is 0 Å². The molecule has 0 spiro atoms. The van der Waals surface area contributed by atoms with Gasteiger partial charge in [-0.2, -0.15) is 0 Å². The van der Waals surface area contributed by atoms with Gasteiger partial charge in [-0.15, -0.1) is 0 Å². The maximum absolute atomic E-state index is 2.14. The highest BCUT2D eigenvalue weighted by Crippen LogP contribution is 1.92. The van der Waals surface area contributed by atoms with Crippen molar-refractivity contribution in [3.8, 4) is 0 Å². The standard InChI is InChI=1S/C14H16/c1-2-4-6-8-10-12-14-13-11-9-7-5-3-1/h1-8,11-14H,9-10H2/b3-1-,4-2+,7-5+,8-6?,13-11+,14-12-. The van der Waals surface area contributed by atoms with Gasteiger partial charge < -0.3 is 0 Å². The lowest BCUT2D eigenvalue weighted by Crippen LogP contribution is -1.61. The van der Waals surface area contributed by atoms with Crippen LogP contribution < -0.4 is 0 Å². The van der Waals surface area contributed by atoms with Crippen molar-refractivity contribution < 1.29 is 0 Å². The Labute approximate surface area is 86.3 Å². The van der Waals surface area contributed by atoms with Gasteiger partial charge in [-0.3, -0.25) is 0 Å². The highest BCUT2D eigenvalue weighted by molar-refractivity contribution is 5.17. The first-order valence-electron chi connectivity index (χ1n) is 4.97. The van der Waals surface area contributed by atoms with Gasteiger partial charge in [-0.25, -0.2) is 0 Å². The van der Waals surface area contributed by atoms with E-state index in [1.54, 1.807) is 0 Å². The van der Waals surface area contributed by atoms with E-state index in [-0.39, 0.29) is 0 Å². The molecule has 0 amide bonds. The second kappa shape index (κ2) is 8.06. The highest BCUT2D eigenvalue weighted by atomic mass is 13.8. The quantitative estimate of drug-likeness (QED) is 0.531. The largest absolute Gasteiger partial charge is 0.0808 e. The highest BCUT2D eigenvalue weighted by Gasteiger charge is 1.71. The third-order valence-corrected chi connectivity index (χ3v) is 1.76. The minimum Gasteiger partial charge on any atom is -0.0808 e. The average molecular weight is 184 g/mol. The molecule has 0 atom stereocenters. The van der Waals surface area contributed by atoms with E-state index in [0.717, 1.165) is 12.8 Å². The monoisotopic (exact) mass is 184 g/mol. The van der Waals surface area contributed by atoms with E-state index in [0.29, 0.717) is 0 Å². The zero-order valence-electron chi connectivity index (χ0n) is 8.34. The molecule has 0 heteroatoms. The summed E-state index contributed by atoms with van der Waals surface area (Å²) in [4.78, 5) is 0. The summed E-state index contributed by atoms with van der Waals surface area (Å²) in [5.74, 6) is 0. The molecular formula is C14H16. The number of rotatable bonds is 0. The van der Waals surface area contributed by atoms with Crippen molar-refractivity contribution in [3.05, 3.63) is 72.9 Å². The van der Waals surface area contributed by atoms with Crippen LogP contribution in [-0.2, 0) is 0 Å². The Morgan fingerprint density at radius 1 is 0.357 bits per heavy atom. The summed E-state index contributed by atoms with van der Waals surface area (Å²) in [6.45, 7) is 0. The van der Waals surface area contributed by atoms with Crippen LogP contribution in [0, 0.1) is 0 Å². The fraction of sp³-hybridized carbons (Fsp3) is 0.143. The van der Waals surface area contributed by atoms with Gasteiger partial charge in [0.1, 0.15) is 0 Å². The van der Waals surface area contributed by atoms with Gasteiger partial charge in [-0.1, -0.05) is 72.9 Å². The fourth-order valence-electron chi connectivity index (χ4n) is 1.04. The molecule has 14 heavy (non-hydrogen) atoms. The van der Waals surface area contributed by atoms with Crippen molar-refractivity contribution in [1.29, 1.82) is 0 Å². The van der Waals surface area contributed by atoms with Gasteiger partial charge in [0.15, 0.2) is 0 Å². The smallest absolute Gasteiger partial charge is 0.0163 e. The van der Waals surface area contributed by atoms with E-state index >= 15 is 0 Å². The van der Waals surface area contributed by atoms with E-state index in [1.165, 1.54) is 0 Å². The lowest BCUT2D eigenvalue weighted by Gasteiger charge is -1.82. The van der Waals surface area contributed by atoms with Crippen LogP contribution in [0.3, 0.4) is 0 Å². The van der Waals surface area contributed by atoms with E-state index in [1.807, 2.05) is 24.3 Å². The first-order chi connectivity index (χ1) is 7.00. The Bertz CT molecular complexity index is 264. The topological polar surface area (TPSA) is 0 Å². The summed E-state index contributed by atoms with van der Waals surface area (Å²) < 4.78 is 0. The molecule has 0 aromatic rings. The van der Waals surface area contributed by atoms with Crippen molar-refractivity contribution in [2.45, 2.75) is 12.8 Å². The van der Waals surface area contributed by atoms with Crippen molar-refractivity contribution in [2.24, 2.45) is 0 Å². The molecular weight excluding hydrogens is 168 g/mol. The molecule has 0 saturated carbocycles. The molecule has 72 valence electrons. The van der Waals surface area contributed by atoms with Crippen LogP contribution in [0.1, 0.15) is 12.8 Å². The summed E-state index contributed by atoms with van der Waals surface area (Å²) in [5, 5.41) is 0. The van der Waals surface area contributed by atoms with Gasteiger partial charge in [0.2, 0.25) is 0 Å². The van der Waals surface area contributed by atoms with Crippen LogP contribution in [0.2, 0.25) is 0 Å². The van der Waals surface area contributed by atoms with Crippen molar-refractivity contribution in [2.75, 3.05) is 0 Å². The van der Waals surface area contributed by atoms with E-state index < -0.39 is 0 Å². The van der Waals surface area contributed by atoms with Gasteiger partial charge in [0.05, 0.1) is 0 Å². The summed E-state index contributed by atoms with van der Waals surface area (Å²) in [6, 6.07) is 0. The zero-order valence-corrected chi connectivity index (χ0v) is 8.34. The van der Waals surface area contributed by atoms with Gasteiger partial charge >= 0.3 is 0 Å².